The highest BCUT2D eigenvalue weighted by molar-refractivity contribution is 8.18. The molecule has 156 valence electrons. The van der Waals surface area contributed by atoms with Gasteiger partial charge in [-0.3, -0.25) is 19.3 Å². The summed E-state index contributed by atoms with van der Waals surface area (Å²) in [6.07, 6.45) is 2.85. The van der Waals surface area contributed by atoms with Gasteiger partial charge in [0.05, 0.1) is 24.9 Å². The van der Waals surface area contributed by atoms with Crippen LogP contribution in [-0.4, -0.2) is 48.2 Å². The predicted molar refractivity (Wildman–Crippen MR) is 106 cm³/mol. The van der Waals surface area contributed by atoms with Crippen molar-refractivity contribution < 1.29 is 37.8 Å². The van der Waals surface area contributed by atoms with E-state index in [1.165, 1.54) is 31.6 Å². The summed E-state index contributed by atoms with van der Waals surface area (Å²) < 4.78 is 20.4. The molecule has 1 saturated heterocycles. The minimum Gasteiger partial charge on any atom is -0.490 e. The van der Waals surface area contributed by atoms with Crippen molar-refractivity contribution in [2.45, 2.75) is 6.92 Å². The number of ether oxygens (including phenoxy) is 3. The maximum Gasteiger partial charge on any atom is 0.379 e. The van der Waals surface area contributed by atoms with Crippen molar-refractivity contribution in [1.82, 2.24) is 4.90 Å². The number of carbonyl (C=O) groups excluding carboxylic acids is 4. The molecule has 10 heteroatoms. The zero-order valence-electron chi connectivity index (χ0n) is 16.1. The van der Waals surface area contributed by atoms with Gasteiger partial charge >= 0.3 is 11.9 Å². The highest BCUT2D eigenvalue weighted by Crippen LogP contribution is 2.35. The van der Waals surface area contributed by atoms with Crippen LogP contribution in [0.3, 0.4) is 0 Å². The Bertz CT molecular complexity index is 1010. The highest BCUT2D eigenvalue weighted by atomic mass is 32.2. The number of hydrogen-bond donors (Lipinski definition) is 0. The largest absolute Gasteiger partial charge is 0.490 e. The fourth-order valence-corrected chi connectivity index (χ4v) is 3.33. The number of carbonyl (C=O) groups is 4. The molecule has 0 saturated carbocycles. The molecule has 2 amide bonds. The number of nitrogens with zero attached hydrogens (tertiary/aromatic N) is 1. The SMILES string of the molecule is CCOc1cc(/C=C2\SC(=O)N(CC(=O)OC)C2=O)ccc1OC(=O)c1ccco1. The first-order chi connectivity index (χ1) is 14.4. The summed E-state index contributed by atoms with van der Waals surface area (Å²) in [6, 6.07) is 7.72. The molecule has 1 aliphatic heterocycles. The van der Waals surface area contributed by atoms with Crippen LogP contribution in [0, 0.1) is 0 Å². The summed E-state index contributed by atoms with van der Waals surface area (Å²) in [7, 11) is 1.17. The molecular weight excluding hydrogens is 414 g/mol. The number of amides is 2. The minimum absolute atomic E-state index is 0.0424. The normalized spacial score (nSPS) is 14.9. The van der Waals surface area contributed by atoms with Gasteiger partial charge in [0.15, 0.2) is 11.5 Å². The van der Waals surface area contributed by atoms with Crippen molar-refractivity contribution in [2.24, 2.45) is 0 Å². The number of methoxy groups -OCH3 is 1. The average Bonchev–Trinajstić information content (AvgIpc) is 3.35. The molecule has 9 nitrogen and oxygen atoms in total. The van der Waals surface area contributed by atoms with E-state index in [9.17, 15) is 19.2 Å². The van der Waals surface area contributed by atoms with E-state index in [2.05, 4.69) is 4.74 Å². The van der Waals surface area contributed by atoms with Gasteiger partial charge in [-0.1, -0.05) is 6.07 Å². The van der Waals surface area contributed by atoms with Crippen LogP contribution in [0.15, 0.2) is 45.9 Å². The lowest BCUT2D eigenvalue weighted by Gasteiger charge is -2.11. The van der Waals surface area contributed by atoms with Crippen LogP contribution >= 0.6 is 11.8 Å². The molecule has 2 aromatic rings. The maximum atomic E-state index is 12.4. The van der Waals surface area contributed by atoms with Crippen LogP contribution in [0.5, 0.6) is 11.5 Å². The van der Waals surface area contributed by atoms with Crippen LogP contribution in [-0.2, 0) is 14.3 Å². The molecular formula is C20H17NO8S. The number of benzene rings is 1. The molecule has 0 spiro atoms. The first kappa shape index (κ1) is 21.2. The van der Waals surface area contributed by atoms with Crippen molar-refractivity contribution in [2.75, 3.05) is 20.3 Å². The second kappa shape index (κ2) is 9.31. The summed E-state index contributed by atoms with van der Waals surface area (Å²) in [5.74, 6) is -1.48. The van der Waals surface area contributed by atoms with Crippen molar-refractivity contribution in [3.05, 3.63) is 52.8 Å². The second-order valence-electron chi connectivity index (χ2n) is 5.85. The van der Waals surface area contributed by atoms with Crippen molar-refractivity contribution in [3.8, 4) is 11.5 Å². The monoisotopic (exact) mass is 431 g/mol. The van der Waals surface area contributed by atoms with Gasteiger partial charge in [0.1, 0.15) is 6.54 Å². The first-order valence-corrected chi connectivity index (χ1v) is 9.59. The van der Waals surface area contributed by atoms with Gasteiger partial charge in [0.2, 0.25) is 5.76 Å². The lowest BCUT2D eigenvalue weighted by atomic mass is 10.2. The molecule has 3 rings (SSSR count). The van der Waals surface area contributed by atoms with E-state index in [4.69, 9.17) is 13.9 Å². The third kappa shape index (κ3) is 4.71. The van der Waals surface area contributed by atoms with E-state index >= 15 is 0 Å². The lowest BCUT2D eigenvalue weighted by molar-refractivity contribution is -0.143. The molecule has 1 fully saturated rings. The molecule has 0 unspecified atom stereocenters. The Morgan fingerprint density at radius 1 is 1.20 bits per heavy atom. The summed E-state index contributed by atoms with van der Waals surface area (Å²) in [5, 5.41) is -0.564. The summed E-state index contributed by atoms with van der Waals surface area (Å²) >= 11 is 0.714. The number of imide groups is 1. The number of hydrogen-bond acceptors (Lipinski definition) is 9. The van der Waals surface area contributed by atoms with E-state index in [0.717, 1.165) is 4.90 Å². The van der Waals surface area contributed by atoms with Crippen LogP contribution in [0.25, 0.3) is 6.08 Å². The van der Waals surface area contributed by atoms with E-state index in [1.807, 2.05) is 0 Å². The lowest BCUT2D eigenvalue weighted by Crippen LogP contribution is -2.34. The molecule has 0 bridgehead atoms. The van der Waals surface area contributed by atoms with Gasteiger partial charge in [-0.15, -0.1) is 0 Å². The van der Waals surface area contributed by atoms with Gasteiger partial charge < -0.3 is 18.6 Å². The zero-order chi connectivity index (χ0) is 21.7. The number of rotatable bonds is 7. The van der Waals surface area contributed by atoms with Crippen LogP contribution < -0.4 is 9.47 Å². The van der Waals surface area contributed by atoms with Gasteiger partial charge in [0.25, 0.3) is 11.1 Å². The Morgan fingerprint density at radius 3 is 2.67 bits per heavy atom. The minimum atomic E-state index is -0.695. The molecule has 0 N–H and O–H groups in total. The fraction of sp³-hybridized carbons (Fsp3) is 0.200. The summed E-state index contributed by atoms with van der Waals surface area (Å²) in [4.78, 5) is 48.9. The molecule has 0 atom stereocenters. The smallest absolute Gasteiger partial charge is 0.379 e. The third-order valence-corrected chi connectivity index (χ3v) is 4.79. The van der Waals surface area contributed by atoms with Crippen molar-refractivity contribution >= 4 is 40.9 Å². The standard InChI is InChI=1S/C20H17NO8S/c1-3-27-15-9-12(6-7-13(15)29-19(24)14-5-4-8-28-14)10-16-18(23)21(20(25)30-16)11-17(22)26-2/h4-10H,3,11H2,1-2H3/b16-10-. The highest BCUT2D eigenvalue weighted by Gasteiger charge is 2.36. The molecule has 0 radical (unpaired) electrons. The van der Waals surface area contributed by atoms with E-state index < -0.39 is 29.6 Å². The molecule has 2 heterocycles. The zero-order valence-corrected chi connectivity index (χ0v) is 16.9. The average molecular weight is 431 g/mol. The number of thioether (sulfide) groups is 1. The quantitative estimate of drug-likeness (QED) is 0.371. The molecule has 30 heavy (non-hydrogen) atoms. The molecule has 1 aliphatic rings. The topological polar surface area (TPSA) is 112 Å². The second-order valence-corrected chi connectivity index (χ2v) is 6.84. The van der Waals surface area contributed by atoms with Gasteiger partial charge in [0, 0.05) is 0 Å². The Labute approximate surface area is 175 Å². The van der Waals surface area contributed by atoms with Crippen LogP contribution in [0.4, 0.5) is 4.79 Å². The fourth-order valence-electron chi connectivity index (χ4n) is 2.49. The Hall–Kier alpha value is -3.53. The van der Waals surface area contributed by atoms with Crippen LogP contribution in [0.2, 0.25) is 0 Å². The van der Waals surface area contributed by atoms with Gasteiger partial charge in [-0.2, -0.15) is 0 Å². The third-order valence-electron chi connectivity index (χ3n) is 3.88. The van der Waals surface area contributed by atoms with Crippen molar-refractivity contribution in [3.63, 3.8) is 0 Å². The van der Waals surface area contributed by atoms with Crippen molar-refractivity contribution in [1.29, 1.82) is 0 Å². The van der Waals surface area contributed by atoms with Gasteiger partial charge in [-0.05, 0) is 54.6 Å². The van der Waals surface area contributed by atoms with E-state index in [1.54, 1.807) is 25.1 Å². The molecule has 1 aromatic heterocycles. The maximum absolute atomic E-state index is 12.4. The molecule has 0 aliphatic carbocycles. The Morgan fingerprint density at radius 2 is 2.00 bits per heavy atom. The van der Waals surface area contributed by atoms with Gasteiger partial charge in [-0.25, -0.2) is 4.79 Å². The number of esters is 2. The summed E-state index contributed by atoms with van der Waals surface area (Å²) in [5.41, 5.74) is 0.541. The predicted octanol–water partition coefficient (Wildman–Crippen LogP) is 3.11. The first-order valence-electron chi connectivity index (χ1n) is 8.77. The number of furan rings is 1. The molecule has 1 aromatic carbocycles. The van der Waals surface area contributed by atoms with E-state index in [0.29, 0.717) is 23.9 Å². The Balaban J connectivity index is 1.82. The van der Waals surface area contributed by atoms with Crippen LogP contribution in [0.1, 0.15) is 23.0 Å². The summed E-state index contributed by atoms with van der Waals surface area (Å²) in [6.45, 7) is 1.62. The Kier molecular flexibility index (Phi) is 6.58. The van der Waals surface area contributed by atoms with E-state index in [-0.39, 0.29) is 22.2 Å².